The lowest BCUT2D eigenvalue weighted by molar-refractivity contribution is 0.0733. The highest BCUT2D eigenvalue weighted by atomic mass is 35.5. The molecule has 11 heteroatoms. The van der Waals surface area contributed by atoms with E-state index in [0.717, 1.165) is 41.5 Å². The van der Waals surface area contributed by atoms with E-state index >= 15 is 0 Å². The third kappa shape index (κ3) is 5.25. The first kappa shape index (κ1) is 27.5. The van der Waals surface area contributed by atoms with Crippen molar-refractivity contribution >= 4 is 49.9 Å². The summed E-state index contributed by atoms with van der Waals surface area (Å²) in [5.74, 6) is -0.294. The second kappa shape index (κ2) is 10.1. The molecule has 3 aromatic rings. The highest BCUT2D eigenvalue weighted by Crippen LogP contribution is 2.34. The molecular weight excluding hydrogens is 540 g/mol. The van der Waals surface area contributed by atoms with Gasteiger partial charge in [-0.3, -0.25) is 14.4 Å². The molecule has 39 heavy (non-hydrogen) atoms. The average molecular weight is 573 g/mol. The Labute approximate surface area is 233 Å². The number of hydrogen-bond donors (Lipinski definition) is 1. The number of rotatable bonds is 4. The summed E-state index contributed by atoms with van der Waals surface area (Å²) >= 11 is 6.23. The molecule has 2 aliphatic rings. The van der Waals surface area contributed by atoms with Crippen LogP contribution >= 0.6 is 11.6 Å². The van der Waals surface area contributed by atoms with E-state index in [1.807, 2.05) is 13.0 Å². The molecule has 1 amide bonds. The number of nitrogens with zero attached hydrogens (tertiary/aromatic N) is 3. The van der Waals surface area contributed by atoms with Crippen LogP contribution in [-0.2, 0) is 23.0 Å². The van der Waals surface area contributed by atoms with Crippen molar-refractivity contribution in [3.05, 3.63) is 68.0 Å². The Hall–Kier alpha value is -3.08. The number of carbonyl (C=O) groups is 1. The van der Waals surface area contributed by atoms with Gasteiger partial charge in [0.2, 0.25) is 10.0 Å². The van der Waals surface area contributed by atoms with Crippen LogP contribution in [0.2, 0.25) is 5.02 Å². The van der Waals surface area contributed by atoms with Gasteiger partial charge in [0.05, 0.1) is 29.1 Å². The minimum atomic E-state index is -3.51. The number of halogens is 1. The first-order chi connectivity index (χ1) is 18.3. The summed E-state index contributed by atoms with van der Waals surface area (Å²) in [5.41, 5.74) is 4.12. The topological polar surface area (TPSA) is 103 Å². The molecule has 2 atom stereocenters. The van der Waals surface area contributed by atoms with Gasteiger partial charge in [-0.2, -0.15) is 0 Å². The Morgan fingerprint density at radius 3 is 2.44 bits per heavy atom. The van der Waals surface area contributed by atoms with Crippen molar-refractivity contribution in [1.82, 2.24) is 9.80 Å². The van der Waals surface area contributed by atoms with Gasteiger partial charge in [0.25, 0.3) is 5.91 Å². The van der Waals surface area contributed by atoms with E-state index < -0.39 is 15.6 Å². The van der Waals surface area contributed by atoms with Crippen LogP contribution < -0.4 is 15.2 Å². The molecule has 5 rings (SSSR count). The van der Waals surface area contributed by atoms with E-state index in [-0.39, 0.29) is 23.2 Å². The van der Waals surface area contributed by atoms with Crippen molar-refractivity contribution < 1.29 is 17.6 Å². The van der Waals surface area contributed by atoms with E-state index in [2.05, 4.69) is 41.5 Å². The molecule has 0 bridgehead atoms. The number of carbonyl (C=O) groups excluding carboxylic acids is 1. The SMILES string of the molecule is Cc1c(N2C[C@@H](C)N(C)[C@@H](C)C2)ccc2c3c(c(=O)oc12)CN(C(=O)c1ccc(NS(C)(=O)=O)c(Cl)c1)CC3. The van der Waals surface area contributed by atoms with Crippen molar-refractivity contribution in [3.63, 3.8) is 0 Å². The number of piperazine rings is 1. The van der Waals surface area contributed by atoms with Crippen LogP contribution in [0.4, 0.5) is 11.4 Å². The van der Waals surface area contributed by atoms with Gasteiger partial charge in [0.15, 0.2) is 0 Å². The number of fused-ring (bicyclic) bond motifs is 3. The lowest BCUT2D eigenvalue weighted by Crippen LogP contribution is -2.55. The molecule has 1 N–H and O–H groups in total. The van der Waals surface area contributed by atoms with Gasteiger partial charge in [-0.1, -0.05) is 11.6 Å². The predicted molar refractivity (Wildman–Crippen MR) is 154 cm³/mol. The molecule has 1 fully saturated rings. The fourth-order valence-corrected chi connectivity index (χ4v) is 6.54. The summed E-state index contributed by atoms with van der Waals surface area (Å²) in [7, 11) is -1.36. The Balaban J connectivity index is 1.43. The number of amides is 1. The second-order valence-corrected chi connectivity index (χ2v) is 12.9. The Morgan fingerprint density at radius 2 is 1.79 bits per heavy atom. The molecule has 9 nitrogen and oxygen atoms in total. The highest BCUT2D eigenvalue weighted by Gasteiger charge is 2.30. The van der Waals surface area contributed by atoms with Gasteiger partial charge in [-0.05, 0) is 70.1 Å². The molecule has 0 spiro atoms. The van der Waals surface area contributed by atoms with Gasteiger partial charge in [0.1, 0.15) is 5.58 Å². The van der Waals surface area contributed by atoms with Gasteiger partial charge in [0, 0.05) is 53.9 Å². The first-order valence-electron chi connectivity index (χ1n) is 13.0. The molecular formula is C28H33ClN4O5S. The van der Waals surface area contributed by atoms with Crippen LogP contribution in [0.1, 0.15) is 40.9 Å². The molecule has 1 aromatic heterocycles. The first-order valence-corrected chi connectivity index (χ1v) is 15.2. The van der Waals surface area contributed by atoms with Crippen LogP contribution in [0.3, 0.4) is 0 Å². The number of benzene rings is 2. The molecule has 3 heterocycles. The summed E-state index contributed by atoms with van der Waals surface area (Å²) in [6.07, 6.45) is 1.55. The lowest BCUT2D eigenvalue weighted by Gasteiger charge is -2.44. The summed E-state index contributed by atoms with van der Waals surface area (Å²) in [5, 5.41) is 1.03. The third-order valence-corrected chi connectivity index (χ3v) is 8.89. The standard InChI is InChI=1S/C28H33ClN4O5S/c1-16-13-33(14-17(2)31(16)4)25-9-7-21-20-10-11-32(15-22(20)28(35)38-26(21)18(25)3)27(34)19-6-8-24(23(29)12-19)30-39(5,36)37/h6-9,12,16-17,30H,10-11,13-15H2,1-5H3/t16-,17+. The van der Waals surface area contributed by atoms with E-state index in [9.17, 15) is 18.0 Å². The second-order valence-electron chi connectivity index (χ2n) is 10.7. The van der Waals surface area contributed by atoms with Crippen molar-refractivity contribution in [2.24, 2.45) is 0 Å². The third-order valence-electron chi connectivity index (χ3n) is 7.99. The molecule has 208 valence electrons. The van der Waals surface area contributed by atoms with E-state index in [4.69, 9.17) is 16.0 Å². The largest absolute Gasteiger partial charge is 0.422 e. The summed E-state index contributed by atoms with van der Waals surface area (Å²) in [6.45, 7) is 8.80. The van der Waals surface area contributed by atoms with Crippen LogP contribution in [0.5, 0.6) is 0 Å². The molecule has 0 saturated carbocycles. The smallest absolute Gasteiger partial charge is 0.341 e. The minimum absolute atomic E-state index is 0.115. The van der Waals surface area contributed by atoms with Crippen molar-refractivity contribution in [2.75, 3.05) is 42.6 Å². The lowest BCUT2D eigenvalue weighted by atomic mass is 9.95. The summed E-state index contributed by atoms with van der Waals surface area (Å²) in [6, 6.07) is 9.38. The number of aryl methyl sites for hydroxylation is 1. The van der Waals surface area contributed by atoms with Gasteiger partial charge >= 0.3 is 5.63 Å². The number of hydrogen-bond acceptors (Lipinski definition) is 7. The maximum Gasteiger partial charge on any atom is 0.341 e. The fourth-order valence-electron chi connectivity index (χ4n) is 5.68. The van der Waals surface area contributed by atoms with Crippen molar-refractivity contribution in [3.8, 4) is 0 Å². The van der Waals surface area contributed by atoms with Crippen LogP contribution in [0.25, 0.3) is 11.0 Å². The van der Waals surface area contributed by atoms with Gasteiger partial charge in [-0.15, -0.1) is 0 Å². The number of anilines is 2. The maximum absolute atomic E-state index is 13.3. The van der Waals surface area contributed by atoms with Crippen LogP contribution in [0.15, 0.2) is 39.5 Å². The molecule has 0 unspecified atom stereocenters. The molecule has 2 aliphatic heterocycles. The number of sulfonamides is 1. The van der Waals surface area contributed by atoms with E-state index in [1.54, 1.807) is 4.90 Å². The normalized spacial score (nSPS) is 20.3. The fraction of sp³-hybridized carbons (Fsp3) is 0.429. The average Bonchev–Trinajstić information content (AvgIpc) is 2.87. The quantitative estimate of drug-likeness (QED) is 0.474. The molecule has 0 radical (unpaired) electrons. The number of likely N-dealkylation sites (N-methyl/N-ethyl adjacent to an activating group) is 1. The predicted octanol–water partition coefficient (Wildman–Crippen LogP) is 3.85. The Morgan fingerprint density at radius 1 is 1.10 bits per heavy atom. The zero-order valence-electron chi connectivity index (χ0n) is 22.7. The van der Waals surface area contributed by atoms with E-state index in [1.165, 1.54) is 18.2 Å². The Kier molecular flexibility index (Phi) is 7.15. The Bertz CT molecular complexity index is 1630. The monoisotopic (exact) mass is 572 g/mol. The molecule has 1 saturated heterocycles. The zero-order valence-corrected chi connectivity index (χ0v) is 24.3. The van der Waals surface area contributed by atoms with Gasteiger partial charge in [-0.25, -0.2) is 13.2 Å². The highest BCUT2D eigenvalue weighted by molar-refractivity contribution is 7.92. The van der Waals surface area contributed by atoms with E-state index in [0.29, 0.717) is 41.8 Å². The van der Waals surface area contributed by atoms with Crippen LogP contribution in [0, 0.1) is 6.92 Å². The van der Waals surface area contributed by atoms with Gasteiger partial charge < -0.3 is 14.2 Å². The van der Waals surface area contributed by atoms with Crippen molar-refractivity contribution in [1.29, 1.82) is 0 Å². The summed E-state index contributed by atoms with van der Waals surface area (Å²) in [4.78, 5) is 32.8. The van der Waals surface area contributed by atoms with Crippen LogP contribution in [-0.4, -0.2) is 69.1 Å². The minimum Gasteiger partial charge on any atom is -0.422 e. The molecule has 2 aromatic carbocycles. The molecule has 0 aliphatic carbocycles. The summed E-state index contributed by atoms with van der Waals surface area (Å²) < 4.78 is 31.3. The van der Waals surface area contributed by atoms with Crippen molar-refractivity contribution in [2.45, 2.75) is 45.8 Å². The zero-order chi connectivity index (χ0) is 28.2. The maximum atomic E-state index is 13.3. The number of nitrogens with one attached hydrogen (secondary N) is 1.